The third-order valence-corrected chi connectivity index (χ3v) is 6.21. The number of hydrogen-bond acceptors (Lipinski definition) is 4. The van der Waals surface area contributed by atoms with Crippen LogP contribution < -0.4 is 9.46 Å². The number of sulfonamides is 1. The summed E-state index contributed by atoms with van der Waals surface area (Å²) in [6, 6.07) is 8.78. The number of benzene rings is 2. The van der Waals surface area contributed by atoms with Crippen LogP contribution in [0.4, 0.5) is 5.69 Å². The van der Waals surface area contributed by atoms with Crippen LogP contribution in [0.5, 0.6) is 17.2 Å². The number of unbranched alkanes of at least 4 members (excludes halogenated alkanes) is 3. The van der Waals surface area contributed by atoms with Gasteiger partial charge in [-0.05, 0) is 67.6 Å². The first-order valence-electron chi connectivity index (χ1n) is 10.3. The minimum atomic E-state index is -3.36. The number of rotatable bonds is 10. The van der Waals surface area contributed by atoms with Crippen LogP contribution in [0.25, 0.3) is 0 Å². The molecule has 0 aliphatic carbocycles. The summed E-state index contributed by atoms with van der Waals surface area (Å²) >= 11 is 0. The second-order valence-electron chi connectivity index (χ2n) is 7.90. The lowest BCUT2D eigenvalue weighted by Crippen LogP contribution is -2.17. The second-order valence-corrected chi connectivity index (χ2v) is 9.74. The van der Waals surface area contributed by atoms with Gasteiger partial charge in [-0.2, -0.15) is 0 Å². The van der Waals surface area contributed by atoms with E-state index in [1.54, 1.807) is 24.3 Å². The van der Waals surface area contributed by atoms with E-state index in [4.69, 9.17) is 4.74 Å². The van der Waals surface area contributed by atoms with Crippen LogP contribution in [0.3, 0.4) is 0 Å². The molecule has 5 nitrogen and oxygen atoms in total. The molecule has 0 saturated carbocycles. The molecule has 0 fully saturated rings. The number of anilines is 1. The molecule has 0 saturated heterocycles. The maximum atomic E-state index is 12.3. The van der Waals surface area contributed by atoms with E-state index in [9.17, 15) is 13.5 Å². The third kappa shape index (κ3) is 6.67. The average Bonchev–Trinajstić information content (AvgIpc) is 2.62. The molecule has 0 bridgehead atoms. The fourth-order valence-corrected chi connectivity index (χ4v) is 4.46. The van der Waals surface area contributed by atoms with Crippen molar-refractivity contribution in [1.29, 1.82) is 0 Å². The topological polar surface area (TPSA) is 75.6 Å². The van der Waals surface area contributed by atoms with Gasteiger partial charge in [-0.3, -0.25) is 4.72 Å². The van der Waals surface area contributed by atoms with E-state index in [1.165, 1.54) is 0 Å². The number of ether oxygens (including phenoxy) is 1. The summed E-state index contributed by atoms with van der Waals surface area (Å²) in [5.41, 5.74) is 3.06. The Morgan fingerprint density at radius 1 is 1.03 bits per heavy atom. The molecule has 0 aliphatic heterocycles. The molecule has 0 spiro atoms. The first-order chi connectivity index (χ1) is 13.6. The summed E-state index contributed by atoms with van der Waals surface area (Å²) in [4.78, 5) is 0. The van der Waals surface area contributed by atoms with Gasteiger partial charge in [0.2, 0.25) is 10.0 Å². The molecule has 0 unspecified atom stereocenters. The van der Waals surface area contributed by atoms with Crippen LogP contribution >= 0.6 is 0 Å². The summed E-state index contributed by atoms with van der Waals surface area (Å²) in [7, 11) is -3.36. The summed E-state index contributed by atoms with van der Waals surface area (Å²) in [6.07, 6.45) is 3.72. The molecule has 160 valence electrons. The monoisotopic (exact) mass is 419 g/mol. The number of aromatic hydroxyl groups is 1. The maximum absolute atomic E-state index is 12.3. The second kappa shape index (κ2) is 10.0. The van der Waals surface area contributed by atoms with E-state index in [0.717, 1.165) is 36.0 Å². The fraction of sp³-hybridized carbons (Fsp3) is 0.478. The van der Waals surface area contributed by atoms with Gasteiger partial charge in [0.15, 0.2) is 0 Å². The summed E-state index contributed by atoms with van der Waals surface area (Å²) in [6.45, 7) is 9.91. The standard InChI is InChI=1S/C23H33NO4S/c1-6-7-8-9-12-29(26,27)24-19-13-17(4)23(18(5)14-19)28-20-10-11-22(25)21(15-20)16(2)3/h10-11,13-16,24-25H,6-9,12H2,1-5H3. The smallest absolute Gasteiger partial charge is 0.232 e. The Hall–Kier alpha value is -2.21. The van der Waals surface area contributed by atoms with Crippen LogP contribution in [-0.2, 0) is 10.0 Å². The molecule has 0 heterocycles. The fourth-order valence-electron chi connectivity index (χ4n) is 3.30. The quantitative estimate of drug-likeness (QED) is 0.447. The van der Waals surface area contributed by atoms with Gasteiger partial charge < -0.3 is 9.84 Å². The predicted octanol–water partition coefficient (Wildman–Crippen LogP) is 6.25. The number of hydrogen-bond donors (Lipinski definition) is 2. The third-order valence-electron chi connectivity index (χ3n) is 4.84. The van der Waals surface area contributed by atoms with Crippen LogP contribution in [0.2, 0.25) is 0 Å². The molecular formula is C23H33NO4S. The zero-order valence-electron chi connectivity index (χ0n) is 18.1. The molecule has 2 N–H and O–H groups in total. The van der Waals surface area contributed by atoms with E-state index in [0.29, 0.717) is 23.6 Å². The van der Waals surface area contributed by atoms with Crippen molar-refractivity contribution in [2.75, 3.05) is 10.5 Å². The number of aryl methyl sites for hydroxylation is 2. The highest BCUT2D eigenvalue weighted by Gasteiger charge is 2.14. The molecular weight excluding hydrogens is 386 g/mol. The molecule has 2 aromatic carbocycles. The van der Waals surface area contributed by atoms with Crippen molar-refractivity contribution in [2.45, 2.75) is 66.2 Å². The molecule has 0 radical (unpaired) electrons. The van der Waals surface area contributed by atoms with E-state index >= 15 is 0 Å². The van der Waals surface area contributed by atoms with E-state index < -0.39 is 10.0 Å². The lowest BCUT2D eigenvalue weighted by molar-refractivity contribution is 0.452. The van der Waals surface area contributed by atoms with Crippen molar-refractivity contribution in [3.63, 3.8) is 0 Å². The highest BCUT2D eigenvalue weighted by Crippen LogP contribution is 2.35. The largest absolute Gasteiger partial charge is 0.508 e. The normalized spacial score (nSPS) is 11.7. The highest BCUT2D eigenvalue weighted by atomic mass is 32.2. The number of phenolic OH excluding ortho intramolecular Hbond substituents is 1. The summed E-state index contributed by atoms with van der Waals surface area (Å²) < 4.78 is 33.4. The van der Waals surface area contributed by atoms with Crippen LogP contribution in [-0.4, -0.2) is 19.3 Å². The van der Waals surface area contributed by atoms with Crippen molar-refractivity contribution < 1.29 is 18.3 Å². The van der Waals surface area contributed by atoms with Gasteiger partial charge in [0.1, 0.15) is 17.2 Å². The Morgan fingerprint density at radius 2 is 1.69 bits per heavy atom. The van der Waals surface area contributed by atoms with E-state index in [1.807, 2.05) is 33.8 Å². The van der Waals surface area contributed by atoms with Crippen LogP contribution in [0.1, 0.15) is 69.1 Å². The first kappa shape index (κ1) is 23.1. The van der Waals surface area contributed by atoms with Gasteiger partial charge in [-0.15, -0.1) is 0 Å². The Kier molecular flexibility index (Phi) is 7.96. The Labute approximate surface area is 175 Å². The van der Waals surface area contributed by atoms with Crippen molar-refractivity contribution >= 4 is 15.7 Å². The van der Waals surface area contributed by atoms with Crippen LogP contribution in [0.15, 0.2) is 30.3 Å². The molecule has 0 amide bonds. The summed E-state index contributed by atoms with van der Waals surface area (Å²) in [5.74, 6) is 1.90. The SMILES string of the molecule is CCCCCCS(=O)(=O)Nc1cc(C)c(Oc2ccc(O)c(C(C)C)c2)c(C)c1. The van der Waals surface area contributed by atoms with Gasteiger partial charge in [-0.1, -0.05) is 40.0 Å². The lowest BCUT2D eigenvalue weighted by Gasteiger charge is -2.16. The van der Waals surface area contributed by atoms with Crippen molar-refractivity contribution in [1.82, 2.24) is 0 Å². The van der Waals surface area contributed by atoms with E-state index in [-0.39, 0.29) is 17.4 Å². The van der Waals surface area contributed by atoms with Gasteiger partial charge in [-0.25, -0.2) is 8.42 Å². The molecule has 2 aromatic rings. The Bertz CT molecular complexity index is 913. The van der Waals surface area contributed by atoms with E-state index in [2.05, 4.69) is 11.6 Å². The van der Waals surface area contributed by atoms with Gasteiger partial charge in [0, 0.05) is 11.3 Å². The van der Waals surface area contributed by atoms with Crippen LogP contribution in [0, 0.1) is 13.8 Å². The number of phenols is 1. The van der Waals surface area contributed by atoms with Crippen molar-refractivity contribution in [3.8, 4) is 17.2 Å². The van der Waals surface area contributed by atoms with Gasteiger partial charge in [0.05, 0.1) is 5.75 Å². The molecule has 6 heteroatoms. The number of nitrogens with one attached hydrogen (secondary N) is 1. The van der Waals surface area contributed by atoms with Crippen molar-refractivity contribution in [2.24, 2.45) is 0 Å². The molecule has 0 atom stereocenters. The lowest BCUT2D eigenvalue weighted by atomic mass is 10.0. The minimum Gasteiger partial charge on any atom is -0.508 e. The molecule has 0 aromatic heterocycles. The molecule has 2 rings (SSSR count). The Morgan fingerprint density at radius 3 is 2.28 bits per heavy atom. The zero-order valence-corrected chi connectivity index (χ0v) is 18.9. The minimum absolute atomic E-state index is 0.134. The van der Waals surface area contributed by atoms with Gasteiger partial charge in [0.25, 0.3) is 0 Å². The summed E-state index contributed by atoms with van der Waals surface area (Å²) in [5, 5.41) is 10.00. The molecule has 29 heavy (non-hydrogen) atoms. The predicted molar refractivity (Wildman–Crippen MR) is 120 cm³/mol. The Balaban J connectivity index is 2.16. The molecule has 0 aliphatic rings. The zero-order chi connectivity index (χ0) is 21.6. The van der Waals surface area contributed by atoms with Crippen molar-refractivity contribution in [3.05, 3.63) is 47.0 Å². The average molecular weight is 420 g/mol. The highest BCUT2D eigenvalue weighted by molar-refractivity contribution is 7.92. The first-order valence-corrected chi connectivity index (χ1v) is 11.9. The maximum Gasteiger partial charge on any atom is 0.232 e. The van der Waals surface area contributed by atoms with Gasteiger partial charge >= 0.3 is 0 Å².